The van der Waals surface area contributed by atoms with E-state index >= 15 is 0 Å². The van der Waals surface area contributed by atoms with Crippen LogP contribution in [0.2, 0.25) is 0 Å². The molecule has 0 spiro atoms. The van der Waals surface area contributed by atoms with Crippen molar-refractivity contribution in [3.8, 4) is 0 Å². The van der Waals surface area contributed by atoms with Gasteiger partial charge in [0, 0.05) is 13.2 Å². The molecule has 6 heteroatoms. The number of aliphatic hydroxyl groups excluding tert-OH is 1. The number of carbonyl (C=O) groups is 1. The summed E-state index contributed by atoms with van der Waals surface area (Å²) in [6.45, 7) is 3.00. The second-order valence-electron chi connectivity index (χ2n) is 4.33. The molecule has 0 aliphatic carbocycles. The minimum atomic E-state index is -0.503. The fraction of sp³-hybridized carbons (Fsp3) is 0.615. The van der Waals surface area contributed by atoms with E-state index in [9.17, 15) is 4.79 Å². The number of methoxy groups -OCH3 is 1. The Kier molecular flexibility index (Phi) is 6.81. The molecule has 1 atom stereocenters. The molecule has 19 heavy (non-hydrogen) atoms. The zero-order valence-corrected chi connectivity index (χ0v) is 11.4. The van der Waals surface area contributed by atoms with Gasteiger partial charge in [-0.15, -0.1) is 0 Å². The molecule has 6 nitrogen and oxygen atoms in total. The fourth-order valence-corrected chi connectivity index (χ4v) is 1.84. The number of hydrogen-bond donors (Lipinski definition) is 2. The normalized spacial score (nSPS) is 11.9. The number of aromatic nitrogens is 2. The Hall–Kier alpha value is -1.69. The lowest BCUT2D eigenvalue weighted by atomic mass is 10.0. The van der Waals surface area contributed by atoms with Crippen molar-refractivity contribution in [1.82, 2.24) is 9.97 Å². The minimum Gasteiger partial charge on any atom is -0.464 e. The Morgan fingerprint density at radius 3 is 2.89 bits per heavy atom. The largest absolute Gasteiger partial charge is 0.464 e. The van der Waals surface area contributed by atoms with E-state index in [-0.39, 0.29) is 12.3 Å². The summed E-state index contributed by atoms with van der Waals surface area (Å²) in [7, 11) is 1.31. The number of esters is 1. The maximum Gasteiger partial charge on any atom is 0.358 e. The van der Waals surface area contributed by atoms with E-state index in [1.54, 1.807) is 6.20 Å². The van der Waals surface area contributed by atoms with Crippen molar-refractivity contribution in [2.24, 2.45) is 5.92 Å². The lowest BCUT2D eigenvalue weighted by Gasteiger charge is -2.15. The van der Waals surface area contributed by atoms with Crippen molar-refractivity contribution in [3.05, 3.63) is 18.1 Å². The van der Waals surface area contributed by atoms with Gasteiger partial charge in [0.2, 0.25) is 0 Å². The summed E-state index contributed by atoms with van der Waals surface area (Å²) >= 11 is 0. The topological polar surface area (TPSA) is 84.3 Å². The van der Waals surface area contributed by atoms with Crippen molar-refractivity contribution in [3.63, 3.8) is 0 Å². The Labute approximate surface area is 113 Å². The summed E-state index contributed by atoms with van der Waals surface area (Å²) in [4.78, 5) is 19.4. The molecule has 1 heterocycles. The molecule has 0 radical (unpaired) electrons. The fourth-order valence-electron chi connectivity index (χ4n) is 1.84. The number of hydrogen-bond acceptors (Lipinski definition) is 6. The van der Waals surface area contributed by atoms with Crippen LogP contribution in [0, 0.1) is 5.92 Å². The number of ether oxygens (including phenoxy) is 1. The molecule has 0 saturated carbocycles. The van der Waals surface area contributed by atoms with Crippen LogP contribution in [-0.4, -0.2) is 41.3 Å². The van der Waals surface area contributed by atoms with Crippen LogP contribution in [0.3, 0.4) is 0 Å². The first-order valence-electron chi connectivity index (χ1n) is 6.46. The Morgan fingerprint density at radius 1 is 1.47 bits per heavy atom. The molecule has 1 aromatic rings. The highest BCUT2D eigenvalue weighted by molar-refractivity contribution is 5.87. The minimum absolute atomic E-state index is 0.181. The van der Waals surface area contributed by atoms with Crippen LogP contribution in [0.4, 0.5) is 5.82 Å². The molecule has 106 valence electrons. The zero-order chi connectivity index (χ0) is 14.1. The highest BCUT2D eigenvalue weighted by Crippen LogP contribution is 2.12. The van der Waals surface area contributed by atoms with Crippen molar-refractivity contribution >= 4 is 11.8 Å². The van der Waals surface area contributed by atoms with Crippen molar-refractivity contribution < 1.29 is 14.6 Å². The van der Waals surface area contributed by atoms with Gasteiger partial charge in [-0.2, -0.15) is 0 Å². The predicted octanol–water partition coefficient (Wildman–Crippen LogP) is 1.47. The van der Waals surface area contributed by atoms with Crippen LogP contribution in [0.5, 0.6) is 0 Å². The highest BCUT2D eigenvalue weighted by atomic mass is 16.5. The molecule has 0 saturated heterocycles. The summed E-state index contributed by atoms with van der Waals surface area (Å²) in [5.41, 5.74) is 0.182. The van der Waals surface area contributed by atoms with Gasteiger partial charge < -0.3 is 15.2 Å². The number of anilines is 1. The van der Waals surface area contributed by atoms with E-state index in [2.05, 4.69) is 26.9 Å². The molecule has 0 amide bonds. The Bertz CT molecular complexity index is 392. The van der Waals surface area contributed by atoms with Crippen LogP contribution in [0.1, 0.15) is 36.7 Å². The van der Waals surface area contributed by atoms with E-state index in [0.717, 1.165) is 19.3 Å². The first-order chi connectivity index (χ1) is 9.21. The van der Waals surface area contributed by atoms with E-state index in [1.807, 2.05) is 0 Å². The second-order valence-corrected chi connectivity index (χ2v) is 4.33. The summed E-state index contributed by atoms with van der Waals surface area (Å²) in [5, 5.41) is 12.1. The van der Waals surface area contributed by atoms with Gasteiger partial charge in [-0.25, -0.2) is 9.78 Å². The third kappa shape index (κ3) is 5.21. The molecule has 0 aliphatic rings. The number of aliphatic hydroxyl groups is 1. The van der Waals surface area contributed by atoms with Crippen LogP contribution in [-0.2, 0) is 4.74 Å². The highest BCUT2D eigenvalue weighted by Gasteiger charge is 2.10. The molecule has 0 fully saturated rings. The van der Waals surface area contributed by atoms with Gasteiger partial charge in [0.15, 0.2) is 5.69 Å². The van der Waals surface area contributed by atoms with Gasteiger partial charge in [-0.3, -0.25) is 4.98 Å². The van der Waals surface area contributed by atoms with Gasteiger partial charge in [0.25, 0.3) is 0 Å². The van der Waals surface area contributed by atoms with Crippen molar-refractivity contribution in [1.29, 1.82) is 0 Å². The lowest BCUT2D eigenvalue weighted by molar-refractivity contribution is 0.0593. The van der Waals surface area contributed by atoms with E-state index in [1.165, 1.54) is 13.3 Å². The molecular weight excluding hydrogens is 246 g/mol. The molecule has 1 rings (SSSR count). The molecule has 1 unspecified atom stereocenters. The Balaban J connectivity index is 2.58. The third-order valence-electron chi connectivity index (χ3n) is 2.84. The molecular formula is C13H21N3O3. The van der Waals surface area contributed by atoms with Gasteiger partial charge >= 0.3 is 5.97 Å². The quantitative estimate of drug-likeness (QED) is 0.694. The van der Waals surface area contributed by atoms with E-state index < -0.39 is 5.97 Å². The Morgan fingerprint density at radius 2 is 2.26 bits per heavy atom. The molecule has 1 aromatic heterocycles. The van der Waals surface area contributed by atoms with Crippen LogP contribution >= 0.6 is 0 Å². The van der Waals surface area contributed by atoms with Crippen molar-refractivity contribution in [2.45, 2.75) is 26.2 Å². The molecule has 0 bridgehead atoms. The smallest absolute Gasteiger partial charge is 0.358 e. The first kappa shape index (κ1) is 15.4. The molecule has 0 aromatic carbocycles. The number of nitrogens with zero attached hydrogens (tertiary/aromatic N) is 2. The van der Waals surface area contributed by atoms with Gasteiger partial charge in [0.1, 0.15) is 5.82 Å². The molecule has 0 aliphatic heterocycles. The monoisotopic (exact) mass is 267 g/mol. The maximum absolute atomic E-state index is 11.3. The van der Waals surface area contributed by atoms with Gasteiger partial charge in [-0.05, 0) is 18.8 Å². The zero-order valence-electron chi connectivity index (χ0n) is 11.4. The number of rotatable bonds is 8. The SMILES string of the molecule is CCCC(CCO)CNc1cncc(C(=O)OC)n1. The predicted molar refractivity (Wildman–Crippen MR) is 72.0 cm³/mol. The van der Waals surface area contributed by atoms with Gasteiger partial charge in [0.05, 0.1) is 19.5 Å². The van der Waals surface area contributed by atoms with E-state index in [4.69, 9.17) is 5.11 Å². The lowest BCUT2D eigenvalue weighted by Crippen LogP contribution is -2.17. The van der Waals surface area contributed by atoms with Crippen LogP contribution in [0.25, 0.3) is 0 Å². The van der Waals surface area contributed by atoms with E-state index in [0.29, 0.717) is 18.3 Å². The number of nitrogens with one attached hydrogen (secondary N) is 1. The van der Waals surface area contributed by atoms with Crippen LogP contribution in [0.15, 0.2) is 12.4 Å². The summed E-state index contributed by atoms with van der Waals surface area (Å²) in [6, 6.07) is 0. The van der Waals surface area contributed by atoms with Gasteiger partial charge in [-0.1, -0.05) is 13.3 Å². The number of carbonyl (C=O) groups excluding carboxylic acids is 1. The maximum atomic E-state index is 11.3. The first-order valence-corrected chi connectivity index (χ1v) is 6.46. The standard InChI is InChI=1S/C13H21N3O3/c1-3-4-10(5-6-17)7-15-12-9-14-8-11(16-12)13(18)19-2/h8-10,17H,3-7H2,1-2H3,(H,15,16). The van der Waals surface area contributed by atoms with Crippen molar-refractivity contribution in [2.75, 3.05) is 25.6 Å². The third-order valence-corrected chi connectivity index (χ3v) is 2.84. The average molecular weight is 267 g/mol. The summed E-state index contributed by atoms with van der Waals surface area (Å²) < 4.78 is 4.59. The van der Waals surface area contributed by atoms with Crippen LogP contribution < -0.4 is 5.32 Å². The average Bonchev–Trinajstić information content (AvgIpc) is 2.44. The second kappa shape index (κ2) is 8.42. The summed E-state index contributed by atoms with van der Waals surface area (Å²) in [6.07, 6.45) is 5.80. The summed E-state index contributed by atoms with van der Waals surface area (Å²) in [5.74, 6) is 0.428. The molecule has 2 N–H and O–H groups in total.